The van der Waals surface area contributed by atoms with Gasteiger partial charge >= 0.3 is 6.18 Å². The summed E-state index contributed by atoms with van der Waals surface area (Å²) in [5.41, 5.74) is -1.24. The van der Waals surface area contributed by atoms with Crippen molar-refractivity contribution in [2.45, 2.75) is 6.18 Å². The molecule has 0 saturated heterocycles. The molecule has 0 atom stereocenters. The first kappa shape index (κ1) is 16.7. The molecule has 0 radical (unpaired) electrons. The number of rotatable bonds is 3. The first-order valence-electron chi connectivity index (χ1n) is 6.60. The van der Waals surface area contributed by atoms with Gasteiger partial charge in [-0.25, -0.2) is 0 Å². The average molecular weight is 322 g/mol. The smallest absolute Gasteiger partial charge is 0.345 e. The Hall–Kier alpha value is -2.70. The monoisotopic (exact) mass is 322 g/mol. The fourth-order valence-electron chi connectivity index (χ4n) is 1.97. The third kappa shape index (κ3) is 3.56. The predicted octanol–water partition coefficient (Wildman–Crippen LogP) is 3.03. The van der Waals surface area contributed by atoms with Crippen LogP contribution in [0.2, 0.25) is 0 Å². The van der Waals surface area contributed by atoms with E-state index in [0.717, 1.165) is 18.2 Å². The Morgan fingerprint density at radius 3 is 2.39 bits per heavy atom. The number of amides is 1. The average Bonchev–Trinajstić information content (AvgIpc) is 2.52. The zero-order valence-electron chi connectivity index (χ0n) is 12.4. The van der Waals surface area contributed by atoms with Gasteiger partial charge in [0.2, 0.25) is 5.78 Å². The number of hydrogen-bond donors (Lipinski definition) is 0. The van der Waals surface area contributed by atoms with Crippen molar-refractivity contribution in [3.05, 3.63) is 65.0 Å². The van der Waals surface area contributed by atoms with Crippen LogP contribution >= 0.6 is 0 Å². The minimum atomic E-state index is -4.55. The van der Waals surface area contributed by atoms with Crippen LogP contribution in [0.15, 0.2) is 42.6 Å². The molecule has 4 nitrogen and oxygen atoms in total. The van der Waals surface area contributed by atoms with E-state index in [0.29, 0.717) is 0 Å². The Kier molecular flexibility index (Phi) is 4.49. The van der Waals surface area contributed by atoms with E-state index in [1.807, 2.05) is 0 Å². The Morgan fingerprint density at radius 1 is 1.09 bits per heavy atom. The molecule has 0 N–H and O–H groups in total. The quantitative estimate of drug-likeness (QED) is 0.816. The number of nitrogens with zero attached hydrogens (tertiary/aromatic N) is 2. The molecule has 1 aromatic heterocycles. The summed E-state index contributed by atoms with van der Waals surface area (Å²) in [6.07, 6.45) is -3.24. The fraction of sp³-hybridized carbons (Fsp3) is 0.188. The number of carbonyl (C=O) groups is 2. The number of hydrogen-bond acceptors (Lipinski definition) is 3. The largest absolute Gasteiger partial charge is 0.416 e. The van der Waals surface area contributed by atoms with Crippen LogP contribution in [0.4, 0.5) is 13.2 Å². The van der Waals surface area contributed by atoms with Gasteiger partial charge in [-0.2, -0.15) is 13.2 Å². The predicted molar refractivity (Wildman–Crippen MR) is 77.1 cm³/mol. The van der Waals surface area contributed by atoms with E-state index in [4.69, 9.17) is 0 Å². The lowest BCUT2D eigenvalue weighted by Gasteiger charge is -2.13. The second kappa shape index (κ2) is 6.20. The fourth-order valence-corrected chi connectivity index (χ4v) is 1.97. The number of carbonyl (C=O) groups excluding carboxylic acids is 2. The van der Waals surface area contributed by atoms with Crippen molar-refractivity contribution in [1.82, 2.24) is 9.88 Å². The Bertz CT molecular complexity index is 755. The normalized spacial score (nSPS) is 11.2. The molecule has 0 fully saturated rings. The van der Waals surface area contributed by atoms with Gasteiger partial charge in [0.15, 0.2) is 0 Å². The van der Waals surface area contributed by atoms with Crippen molar-refractivity contribution in [3.63, 3.8) is 0 Å². The van der Waals surface area contributed by atoms with E-state index in [1.54, 1.807) is 0 Å². The molecule has 23 heavy (non-hydrogen) atoms. The molecular formula is C16H13F3N2O2. The van der Waals surface area contributed by atoms with E-state index >= 15 is 0 Å². The summed E-state index contributed by atoms with van der Waals surface area (Å²) in [5, 5.41) is 0. The highest BCUT2D eigenvalue weighted by molar-refractivity contribution is 6.14. The van der Waals surface area contributed by atoms with E-state index in [2.05, 4.69) is 4.98 Å². The number of alkyl halides is 3. The van der Waals surface area contributed by atoms with Gasteiger partial charge in [0.25, 0.3) is 5.91 Å². The molecule has 0 saturated carbocycles. The highest BCUT2D eigenvalue weighted by Gasteiger charge is 2.31. The van der Waals surface area contributed by atoms with E-state index < -0.39 is 23.4 Å². The van der Waals surface area contributed by atoms with Crippen LogP contribution in [0.5, 0.6) is 0 Å². The van der Waals surface area contributed by atoms with Gasteiger partial charge in [-0.15, -0.1) is 0 Å². The first-order valence-corrected chi connectivity index (χ1v) is 6.60. The van der Waals surface area contributed by atoms with E-state index in [1.165, 1.54) is 43.4 Å². The summed E-state index contributed by atoms with van der Waals surface area (Å²) in [4.78, 5) is 29.7. The van der Waals surface area contributed by atoms with Gasteiger partial charge in [0, 0.05) is 25.9 Å². The Balaban J connectivity index is 2.49. The van der Waals surface area contributed by atoms with Gasteiger partial charge in [-0.05, 0) is 24.3 Å². The molecule has 120 valence electrons. The zero-order chi connectivity index (χ0) is 17.2. The maximum absolute atomic E-state index is 12.8. The molecule has 2 aromatic rings. The summed E-state index contributed by atoms with van der Waals surface area (Å²) in [6.45, 7) is 0. The van der Waals surface area contributed by atoms with Crippen molar-refractivity contribution < 1.29 is 22.8 Å². The number of benzene rings is 1. The Labute approximate surface area is 130 Å². The van der Waals surface area contributed by atoms with Gasteiger partial charge in [-0.1, -0.05) is 12.1 Å². The maximum atomic E-state index is 12.8. The third-order valence-corrected chi connectivity index (χ3v) is 3.11. The number of ketones is 1. The van der Waals surface area contributed by atoms with Gasteiger partial charge in [0.05, 0.1) is 11.1 Å². The molecule has 0 bridgehead atoms. The van der Waals surface area contributed by atoms with Crippen LogP contribution in [-0.2, 0) is 6.18 Å². The molecule has 0 aliphatic rings. The number of halogens is 3. The van der Waals surface area contributed by atoms with Crippen LogP contribution in [0.1, 0.15) is 32.0 Å². The van der Waals surface area contributed by atoms with Crippen LogP contribution in [0, 0.1) is 0 Å². The summed E-state index contributed by atoms with van der Waals surface area (Å²) < 4.78 is 38.3. The minimum absolute atomic E-state index is 0.0416. The topological polar surface area (TPSA) is 50.3 Å². The molecule has 0 unspecified atom stereocenters. The van der Waals surface area contributed by atoms with Crippen LogP contribution in [0.25, 0.3) is 0 Å². The number of pyridine rings is 1. The molecule has 0 aliphatic heterocycles. The lowest BCUT2D eigenvalue weighted by molar-refractivity contribution is -0.137. The van der Waals surface area contributed by atoms with Crippen molar-refractivity contribution in [2.24, 2.45) is 0 Å². The standard InChI is InChI=1S/C16H13F3N2O2/c1-21(2)15(23)12-7-4-8-20-13(12)14(22)10-5-3-6-11(9-10)16(17,18)19/h3-9H,1-2H3. The number of aromatic nitrogens is 1. The zero-order valence-corrected chi connectivity index (χ0v) is 12.4. The van der Waals surface area contributed by atoms with E-state index in [-0.39, 0.29) is 16.8 Å². The van der Waals surface area contributed by atoms with Crippen LogP contribution < -0.4 is 0 Å². The van der Waals surface area contributed by atoms with E-state index in [9.17, 15) is 22.8 Å². The van der Waals surface area contributed by atoms with Crippen molar-refractivity contribution in [2.75, 3.05) is 14.1 Å². The third-order valence-electron chi connectivity index (χ3n) is 3.11. The maximum Gasteiger partial charge on any atom is 0.416 e. The molecule has 2 rings (SSSR count). The first-order chi connectivity index (χ1) is 10.7. The minimum Gasteiger partial charge on any atom is -0.345 e. The second-order valence-corrected chi connectivity index (χ2v) is 5.01. The molecule has 0 aliphatic carbocycles. The van der Waals surface area contributed by atoms with Crippen LogP contribution in [-0.4, -0.2) is 35.7 Å². The van der Waals surface area contributed by atoms with Crippen molar-refractivity contribution >= 4 is 11.7 Å². The van der Waals surface area contributed by atoms with Crippen molar-refractivity contribution in [1.29, 1.82) is 0 Å². The van der Waals surface area contributed by atoms with Gasteiger partial charge in [0.1, 0.15) is 5.69 Å². The van der Waals surface area contributed by atoms with Gasteiger partial charge in [-0.3, -0.25) is 14.6 Å². The van der Waals surface area contributed by atoms with Gasteiger partial charge < -0.3 is 4.90 Å². The summed E-state index contributed by atoms with van der Waals surface area (Å²) in [7, 11) is 3.02. The molecule has 0 spiro atoms. The highest BCUT2D eigenvalue weighted by Crippen LogP contribution is 2.30. The lowest BCUT2D eigenvalue weighted by atomic mass is 10.0. The summed E-state index contributed by atoms with van der Waals surface area (Å²) in [5.74, 6) is -1.18. The molecule has 1 heterocycles. The summed E-state index contributed by atoms with van der Waals surface area (Å²) >= 11 is 0. The highest BCUT2D eigenvalue weighted by atomic mass is 19.4. The second-order valence-electron chi connectivity index (χ2n) is 5.01. The summed E-state index contributed by atoms with van der Waals surface area (Å²) in [6, 6.07) is 6.93. The Morgan fingerprint density at radius 2 is 1.78 bits per heavy atom. The lowest BCUT2D eigenvalue weighted by Crippen LogP contribution is -2.25. The van der Waals surface area contributed by atoms with Crippen molar-refractivity contribution in [3.8, 4) is 0 Å². The van der Waals surface area contributed by atoms with Crippen LogP contribution in [0.3, 0.4) is 0 Å². The molecular weight excluding hydrogens is 309 g/mol. The molecule has 7 heteroatoms. The molecule has 1 amide bonds. The SMILES string of the molecule is CN(C)C(=O)c1cccnc1C(=O)c1cccc(C(F)(F)F)c1. The molecule has 1 aromatic carbocycles.